The molecule has 1 aromatic carbocycles. The highest BCUT2D eigenvalue weighted by atomic mass is 16.5. The number of hydrogen-bond acceptors (Lipinski definition) is 5. The summed E-state index contributed by atoms with van der Waals surface area (Å²) in [7, 11) is 0. The molecule has 0 spiro atoms. The van der Waals surface area contributed by atoms with Crippen LogP contribution >= 0.6 is 0 Å². The summed E-state index contributed by atoms with van der Waals surface area (Å²) in [5.74, 6) is -1.36. The van der Waals surface area contributed by atoms with Crippen molar-refractivity contribution in [3.8, 4) is 17.0 Å². The minimum Gasteiger partial charge on any atom is -0.505 e. The Bertz CT molecular complexity index is 1030. The Morgan fingerprint density at radius 1 is 1.12 bits per heavy atom. The van der Waals surface area contributed by atoms with Gasteiger partial charge < -0.3 is 19.8 Å². The number of hydrogen-bond donors (Lipinski definition) is 3. The number of aromatic nitrogens is 2. The van der Waals surface area contributed by atoms with Gasteiger partial charge in [0.1, 0.15) is 5.39 Å². The molecule has 0 radical (unpaired) electrons. The number of carbonyl (C=O) groups is 1. The third-order valence-electron chi connectivity index (χ3n) is 3.56. The summed E-state index contributed by atoms with van der Waals surface area (Å²) in [6.45, 7) is 1.69. The van der Waals surface area contributed by atoms with Crippen LogP contribution in [0.25, 0.3) is 22.0 Å². The number of aromatic hydroxyl groups is 1. The number of fused-ring (bicyclic) bond motifs is 1. The molecule has 0 fully saturated rings. The van der Waals surface area contributed by atoms with Gasteiger partial charge in [0.25, 0.3) is 11.1 Å². The average Bonchev–Trinajstić information content (AvgIpc) is 2.58. The number of pyridine rings is 2. The highest BCUT2D eigenvalue weighted by Crippen LogP contribution is 2.27. The van der Waals surface area contributed by atoms with Crippen molar-refractivity contribution >= 4 is 16.7 Å². The van der Waals surface area contributed by atoms with Crippen LogP contribution in [0.2, 0.25) is 0 Å². The smallest absolute Gasteiger partial charge is 0.358 e. The maximum absolute atomic E-state index is 12.2. The molecule has 0 bridgehead atoms. The molecule has 7 nitrogen and oxygen atoms in total. The lowest BCUT2D eigenvalue weighted by molar-refractivity contribution is 0.0516. The first kappa shape index (κ1) is 15.5. The number of ether oxygens (including phenoxy) is 1. The van der Waals surface area contributed by atoms with Crippen LogP contribution < -0.4 is 11.1 Å². The van der Waals surface area contributed by atoms with Crippen LogP contribution in [0.15, 0.2) is 46.0 Å². The molecular weight excluding hydrogens is 312 g/mol. The fraction of sp³-hybridized carbons (Fsp3) is 0.118. The first-order valence-corrected chi connectivity index (χ1v) is 7.27. The Hall–Kier alpha value is -3.35. The van der Waals surface area contributed by atoms with Gasteiger partial charge in [-0.1, -0.05) is 30.3 Å². The fourth-order valence-corrected chi connectivity index (χ4v) is 2.47. The van der Waals surface area contributed by atoms with Crippen molar-refractivity contribution in [2.75, 3.05) is 6.61 Å². The van der Waals surface area contributed by atoms with E-state index in [1.165, 1.54) is 6.07 Å². The monoisotopic (exact) mass is 326 g/mol. The third-order valence-corrected chi connectivity index (χ3v) is 3.56. The Kier molecular flexibility index (Phi) is 3.91. The minimum absolute atomic E-state index is 0.00981. The van der Waals surface area contributed by atoms with Crippen molar-refractivity contribution in [2.24, 2.45) is 0 Å². The maximum atomic E-state index is 12.2. The number of carbonyl (C=O) groups excluding carboxylic acids is 1. The van der Waals surface area contributed by atoms with E-state index < -0.39 is 22.8 Å². The van der Waals surface area contributed by atoms with Crippen molar-refractivity contribution < 1.29 is 14.6 Å². The van der Waals surface area contributed by atoms with Crippen LogP contribution in [0, 0.1) is 0 Å². The molecule has 0 aliphatic carbocycles. The van der Waals surface area contributed by atoms with Crippen molar-refractivity contribution in [2.45, 2.75) is 6.92 Å². The second-order valence-corrected chi connectivity index (χ2v) is 5.07. The van der Waals surface area contributed by atoms with Crippen LogP contribution in [0.4, 0.5) is 0 Å². The first-order valence-electron chi connectivity index (χ1n) is 7.27. The standard InChI is InChI=1S/C17H14N2O5/c1-2-24-17(23)13-14(20)10-8-11(9-6-4-3-5-7-9)18-15(21)12(10)16(22)19-13/h3-8,20H,2H2,1H3,(H,18,21)(H,19,22). The van der Waals surface area contributed by atoms with Gasteiger partial charge in [0.15, 0.2) is 11.4 Å². The van der Waals surface area contributed by atoms with Gasteiger partial charge in [0.2, 0.25) is 0 Å². The number of H-pyrrole nitrogens is 2. The molecule has 0 aliphatic heterocycles. The van der Waals surface area contributed by atoms with E-state index in [0.29, 0.717) is 11.3 Å². The zero-order valence-electron chi connectivity index (χ0n) is 12.8. The Morgan fingerprint density at radius 3 is 2.46 bits per heavy atom. The minimum atomic E-state index is -0.865. The molecule has 0 atom stereocenters. The predicted octanol–water partition coefficient (Wildman–Crippen LogP) is 1.77. The number of rotatable bonds is 3. The molecule has 7 heteroatoms. The zero-order valence-corrected chi connectivity index (χ0v) is 12.8. The summed E-state index contributed by atoms with van der Waals surface area (Å²) < 4.78 is 4.80. The van der Waals surface area contributed by atoms with Crippen molar-refractivity contribution in [3.05, 3.63) is 62.8 Å². The molecule has 24 heavy (non-hydrogen) atoms. The van der Waals surface area contributed by atoms with Crippen LogP contribution in [0.3, 0.4) is 0 Å². The third kappa shape index (κ3) is 2.56. The normalized spacial score (nSPS) is 10.7. The Morgan fingerprint density at radius 2 is 1.79 bits per heavy atom. The quantitative estimate of drug-likeness (QED) is 0.635. The van der Waals surface area contributed by atoms with Crippen LogP contribution in [-0.4, -0.2) is 27.7 Å². The Labute approximate surface area is 135 Å². The molecule has 0 saturated carbocycles. The van der Waals surface area contributed by atoms with Gasteiger partial charge >= 0.3 is 5.97 Å². The molecule has 3 aromatic rings. The lowest BCUT2D eigenvalue weighted by Gasteiger charge is -2.08. The van der Waals surface area contributed by atoms with Crippen LogP contribution in [-0.2, 0) is 4.74 Å². The first-order chi connectivity index (χ1) is 11.5. The van der Waals surface area contributed by atoms with E-state index in [-0.39, 0.29) is 23.1 Å². The van der Waals surface area contributed by atoms with Crippen LogP contribution in [0.1, 0.15) is 17.4 Å². The summed E-state index contributed by atoms with van der Waals surface area (Å²) in [6.07, 6.45) is 0. The Balaban J connectivity index is 2.33. The van der Waals surface area contributed by atoms with Crippen molar-refractivity contribution in [3.63, 3.8) is 0 Å². The van der Waals surface area contributed by atoms with Gasteiger partial charge in [-0.2, -0.15) is 0 Å². The molecule has 0 aliphatic rings. The molecule has 2 heterocycles. The number of nitrogens with one attached hydrogen (secondary N) is 2. The maximum Gasteiger partial charge on any atom is 0.358 e. The second kappa shape index (κ2) is 6.04. The number of aromatic amines is 2. The fourth-order valence-electron chi connectivity index (χ4n) is 2.47. The van der Waals surface area contributed by atoms with Gasteiger partial charge in [-0.25, -0.2) is 4.79 Å². The summed E-state index contributed by atoms with van der Waals surface area (Å²) in [6, 6.07) is 10.4. The number of benzene rings is 1. The van der Waals surface area contributed by atoms with E-state index in [2.05, 4.69) is 9.97 Å². The molecular formula is C17H14N2O5. The van der Waals surface area contributed by atoms with Gasteiger partial charge in [-0.05, 0) is 18.6 Å². The van der Waals surface area contributed by atoms with E-state index in [4.69, 9.17) is 4.74 Å². The molecule has 0 unspecified atom stereocenters. The van der Waals surface area contributed by atoms with E-state index in [9.17, 15) is 19.5 Å². The molecule has 0 amide bonds. The highest BCUT2D eigenvalue weighted by Gasteiger charge is 2.20. The van der Waals surface area contributed by atoms with Crippen molar-refractivity contribution in [1.82, 2.24) is 9.97 Å². The molecule has 3 N–H and O–H groups in total. The second-order valence-electron chi connectivity index (χ2n) is 5.07. The van der Waals surface area contributed by atoms with Gasteiger partial charge in [0, 0.05) is 11.1 Å². The highest BCUT2D eigenvalue weighted by molar-refractivity contribution is 5.99. The summed E-state index contributed by atoms with van der Waals surface area (Å²) in [5.41, 5.74) is -0.679. The summed E-state index contributed by atoms with van der Waals surface area (Å²) >= 11 is 0. The van der Waals surface area contributed by atoms with Crippen molar-refractivity contribution in [1.29, 1.82) is 0 Å². The predicted molar refractivity (Wildman–Crippen MR) is 88.2 cm³/mol. The van der Waals surface area contributed by atoms with Gasteiger partial charge in [-0.15, -0.1) is 0 Å². The molecule has 122 valence electrons. The average molecular weight is 326 g/mol. The molecule has 3 rings (SSSR count). The van der Waals surface area contributed by atoms with Gasteiger partial charge in [-0.3, -0.25) is 9.59 Å². The summed E-state index contributed by atoms with van der Waals surface area (Å²) in [5, 5.41) is 10.1. The van der Waals surface area contributed by atoms with E-state index in [0.717, 1.165) is 0 Å². The number of esters is 1. The van der Waals surface area contributed by atoms with E-state index >= 15 is 0 Å². The topological polar surface area (TPSA) is 112 Å². The largest absolute Gasteiger partial charge is 0.505 e. The van der Waals surface area contributed by atoms with Gasteiger partial charge in [0.05, 0.1) is 6.61 Å². The lowest BCUT2D eigenvalue weighted by atomic mass is 10.1. The molecule has 2 aromatic heterocycles. The molecule has 0 saturated heterocycles. The summed E-state index contributed by atoms with van der Waals surface area (Å²) in [4.78, 5) is 41.1. The van der Waals surface area contributed by atoms with E-state index in [1.54, 1.807) is 31.2 Å². The zero-order chi connectivity index (χ0) is 17.3. The van der Waals surface area contributed by atoms with Crippen LogP contribution in [0.5, 0.6) is 5.75 Å². The lowest BCUT2D eigenvalue weighted by Crippen LogP contribution is -2.22. The van der Waals surface area contributed by atoms with E-state index in [1.807, 2.05) is 6.07 Å². The SMILES string of the molecule is CCOC(=O)c1[nH]c(=O)c2c(=O)[nH]c(-c3ccccc3)cc2c1O.